The molecule has 1 aromatic rings. The van der Waals surface area contributed by atoms with Crippen molar-refractivity contribution in [3.63, 3.8) is 0 Å². The summed E-state index contributed by atoms with van der Waals surface area (Å²) in [5.74, 6) is -0.527. The van der Waals surface area contributed by atoms with Gasteiger partial charge in [-0.2, -0.15) is 0 Å². The average molecular weight is 209 g/mol. The maximum Gasteiger partial charge on any atom is 0.229 e. The van der Waals surface area contributed by atoms with Crippen LogP contribution in [0.15, 0.2) is 24.3 Å². The molecular formula is C12H16FNO. The van der Waals surface area contributed by atoms with Crippen LogP contribution in [0.1, 0.15) is 20.8 Å². The van der Waals surface area contributed by atoms with Crippen molar-refractivity contribution in [1.82, 2.24) is 0 Å². The molecule has 3 heteroatoms. The molecule has 0 aliphatic rings. The Morgan fingerprint density at radius 1 is 1.40 bits per heavy atom. The summed E-state index contributed by atoms with van der Waals surface area (Å²) >= 11 is 0. The molecule has 0 aliphatic heterocycles. The summed E-state index contributed by atoms with van der Waals surface area (Å²) in [5.41, 5.74) is 0.360. The Labute approximate surface area is 89.7 Å². The predicted octanol–water partition coefficient (Wildman–Crippen LogP) is 2.83. The molecule has 0 radical (unpaired) electrons. The van der Waals surface area contributed by atoms with Gasteiger partial charge in [-0.15, -0.1) is 0 Å². The van der Waals surface area contributed by atoms with E-state index in [1.165, 1.54) is 11.0 Å². The maximum absolute atomic E-state index is 13.5. The van der Waals surface area contributed by atoms with E-state index in [0.29, 0.717) is 12.2 Å². The zero-order chi connectivity index (χ0) is 11.4. The van der Waals surface area contributed by atoms with Crippen LogP contribution in [0.4, 0.5) is 10.1 Å². The molecule has 0 unspecified atom stereocenters. The smallest absolute Gasteiger partial charge is 0.229 e. The van der Waals surface area contributed by atoms with Crippen LogP contribution in [0, 0.1) is 11.7 Å². The van der Waals surface area contributed by atoms with Crippen LogP contribution in [-0.4, -0.2) is 12.5 Å². The lowest BCUT2D eigenvalue weighted by Gasteiger charge is -2.23. The molecule has 0 heterocycles. The Morgan fingerprint density at radius 3 is 2.47 bits per heavy atom. The van der Waals surface area contributed by atoms with Gasteiger partial charge < -0.3 is 4.90 Å². The van der Waals surface area contributed by atoms with Crippen LogP contribution in [-0.2, 0) is 4.79 Å². The van der Waals surface area contributed by atoms with E-state index in [0.717, 1.165) is 0 Å². The fraction of sp³-hybridized carbons (Fsp3) is 0.417. The third-order valence-electron chi connectivity index (χ3n) is 2.22. The summed E-state index contributed by atoms with van der Waals surface area (Å²) in [6.07, 6.45) is 0. The Kier molecular flexibility index (Phi) is 3.83. The molecule has 2 nitrogen and oxygen atoms in total. The van der Waals surface area contributed by atoms with Crippen LogP contribution >= 0.6 is 0 Å². The van der Waals surface area contributed by atoms with Gasteiger partial charge in [0.05, 0.1) is 5.69 Å². The topological polar surface area (TPSA) is 20.3 Å². The number of amides is 1. The van der Waals surface area contributed by atoms with E-state index >= 15 is 0 Å². The second kappa shape index (κ2) is 4.91. The highest BCUT2D eigenvalue weighted by Gasteiger charge is 2.19. The number of carbonyl (C=O) groups excluding carboxylic acids is 1. The quantitative estimate of drug-likeness (QED) is 0.749. The monoisotopic (exact) mass is 209 g/mol. The number of benzene rings is 1. The van der Waals surface area contributed by atoms with Gasteiger partial charge in [-0.1, -0.05) is 26.0 Å². The van der Waals surface area contributed by atoms with E-state index in [4.69, 9.17) is 0 Å². The zero-order valence-corrected chi connectivity index (χ0v) is 9.33. The lowest BCUT2D eigenvalue weighted by molar-refractivity contribution is -0.121. The minimum absolute atomic E-state index is 0.0531. The molecule has 0 fully saturated rings. The van der Waals surface area contributed by atoms with Gasteiger partial charge in [-0.25, -0.2) is 4.39 Å². The first-order valence-electron chi connectivity index (χ1n) is 5.13. The van der Waals surface area contributed by atoms with Crippen molar-refractivity contribution in [2.75, 3.05) is 11.4 Å². The summed E-state index contributed by atoms with van der Waals surface area (Å²) in [4.78, 5) is 13.3. The van der Waals surface area contributed by atoms with Crippen molar-refractivity contribution in [3.8, 4) is 0 Å². The number of anilines is 1. The Bertz CT molecular complexity index is 349. The van der Waals surface area contributed by atoms with Gasteiger partial charge in [0.2, 0.25) is 5.91 Å². The third kappa shape index (κ3) is 2.55. The Hall–Kier alpha value is -1.38. The summed E-state index contributed by atoms with van der Waals surface area (Å²) in [6, 6.07) is 6.34. The van der Waals surface area contributed by atoms with Gasteiger partial charge in [0, 0.05) is 12.5 Å². The van der Waals surface area contributed by atoms with Crippen LogP contribution in [0.2, 0.25) is 0 Å². The zero-order valence-electron chi connectivity index (χ0n) is 9.33. The van der Waals surface area contributed by atoms with Crippen molar-refractivity contribution in [2.45, 2.75) is 20.8 Å². The fourth-order valence-electron chi connectivity index (χ4n) is 1.43. The molecule has 1 rings (SSSR count). The van der Waals surface area contributed by atoms with Crippen molar-refractivity contribution in [2.24, 2.45) is 5.92 Å². The number of rotatable bonds is 3. The first-order valence-corrected chi connectivity index (χ1v) is 5.13. The molecule has 1 aromatic carbocycles. The number of hydrogen-bond acceptors (Lipinski definition) is 1. The second-order valence-electron chi connectivity index (χ2n) is 3.69. The number of para-hydroxylation sites is 1. The minimum atomic E-state index is -0.353. The second-order valence-corrected chi connectivity index (χ2v) is 3.69. The highest BCUT2D eigenvalue weighted by atomic mass is 19.1. The molecule has 0 atom stereocenters. The van der Waals surface area contributed by atoms with E-state index in [9.17, 15) is 9.18 Å². The molecule has 0 N–H and O–H groups in total. The summed E-state index contributed by atoms with van der Waals surface area (Å²) in [6.45, 7) is 5.95. The summed E-state index contributed by atoms with van der Waals surface area (Å²) in [7, 11) is 0. The normalized spacial score (nSPS) is 10.5. The average Bonchev–Trinajstić information content (AvgIpc) is 2.21. The Balaban J connectivity index is 3.03. The van der Waals surface area contributed by atoms with Crippen LogP contribution in [0.25, 0.3) is 0 Å². The first-order chi connectivity index (χ1) is 7.07. The molecule has 0 saturated heterocycles. The minimum Gasteiger partial charge on any atom is -0.310 e. The van der Waals surface area contributed by atoms with Crippen molar-refractivity contribution >= 4 is 11.6 Å². The van der Waals surface area contributed by atoms with Gasteiger partial charge in [-0.05, 0) is 19.1 Å². The van der Waals surface area contributed by atoms with Gasteiger partial charge in [-0.3, -0.25) is 4.79 Å². The molecule has 1 amide bonds. The highest BCUT2D eigenvalue weighted by molar-refractivity contribution is 5.94. The molecule has 0 saturated carbocycles. The van der Waals surface area contributed by atoms with E-state index in [-0.39, 0.29) is 17.6 Å². The van der Waals surface area contributed by atoms with Crippen molar-refractivity contribution in [1.29, 1.82) is 0 Å². The molecule has 0 bridgehead atoms. The first kappa shape index (κ1) is 11.7. The molecular weight excluding hydrogens is 193 g/mol. The number of hydrogen-bond donors (Lipinski definition) is 0. The van der Waals surface area contributed by atoms with Gasteiger partial charge in [0.1, 0.15) is 5.82 Å². The summed E-state index contributed by atoms with van der Waals surface area (Å²) in [5, 5.41) is 0. The van der Waals surface area contributed by atoms with Gasteiger partial charge in [0.25, 0.3) is 0 Å². The maximum atomic E-state index is 13.5. The standard InChI is InChI=1S/C12H16FNO/c1-4-14(12(15)9(2)3)11-8-6-5-7-10(11)13/h5-9H,4H2,1-3H3. The Morgan fingerprint density at radius 2 is 2.00 bits per heavy atom. The van der Waals surface area contributed by atoms with Crippen LogP contribution < -0.4 is 4.90 Å². The summed E-state index contributed by atoms with van der Waals surface area (Å²) < 4.78 is 13.5. The van der Waals surface area contributed by atoms with Gasteiger partial charge in [0.15, 0.2) is 0 Å². The highest BCUT2D eigenvalue weighted by Crippen LogP contribution is 2.20. The number of halogens is 1. The fourth-order valence-corrected chi connectivity index (χ4v) is 1.43. The molecule has 15 heavy (non-hydrogen) atoms. The van der Waals surface area contributed by atoms with Crippen molar-refractivity contribution in [3.05, 3.63) is 30.1 Å². The van der Waals surface area contributed by atoms with E-state index < -0.39 is 0 Å². The van der Waals surface area contributed by atoms with Crippen molar-refractivity contribution < 1.29 is 9.18 Å². The predicted molar refractivity (Wildman–Crippen MR) is 59.3 cm³/mol. The van der Waals surface area contributed by atoms with E-state index in [1.807, 2.05) is 20.8 Å². The van der Waals surface area contributed by atoms with Crippen LogP contribution in [0.5, 0.6) is 0 Å². The molecule has 0 spiro atoms. The third-order valence-corrected chi connectivity index (χ3v) is 2.22. The molecule has 0 aromatic heterocycles. The molecule has 82 valence electrons. The van der Waals surface area contributed by atoms with Gasteiger partial charge >= 0.3 is 0 Å². The lowest BCUT2D eigenvalue weighted by Crippen LogP contribution is -2.34. The molecule has 0 aliphatic carbocycles. The van der Waals surface area contributed by atoms with E-state index in [2.05, 4.69) is 0 Å². The SMILES string of the molecule is CCN(C(=O)C(C)C)c1ccccc1F. The number of carbonyl (C=O) groups is 1. The largest absolute Gasteiger partial charge is 0.310 e. The van der Waals surface area contributed by atoms with E-state index in [1.54, 1.807) is 18.2 Å². The lowest BCUT2D eigenvalue weighted by atomic mass is 10.1. The van der Waals surface area contributed by atoms with Crippen LogP contribution in [0.3, 0.4) is 0 Å². The number of nitrogens with zero attached hydrogens (tertiary/aromatic N) is 1.